The van der Waals surface area contributed by atoms with Crippen molar-refractivity contribution in [2.45, 2.75) is 26.8 Å². The lowest BCUT2D eigenvalue weighted by Crippen LogP contribution is -2.49. The summed E-state index contributed by atoms with van der Waals surface area (Å²) >= 11 is 0. The number of hydrogen-bond acceptors (Lipinski definition) is 4. The third-order valence-electron chi connectivity index (χ3n) is 3.04. The number of rotatable bonds is 8. The molecule has 0 saturated heterocycles. The second kappa shape index (κ2) is 8.92. The van der Waals surface area contributed by atoms with Gasteiger partial charge in [-0.25, -0.2) is 0 Å². The quantitative estimate of drug-likeness (QED) is 0.711. The molecule has 1 aromatic rings. The molecule has 2 amide bonds. The Kier molecular flexibility index (Phi) is 7.22. The number of nitrogens with one attached hydrogen (secondary N) is 2. The van der Waals surface area contributed by atoms with Crippen molar-refractivity contribution in [1.29, 1.82) is 0 Å². The third-order valence-corrected chi connectivity index (χ3v) is 3.04. The van der Waals surface area contributed by atoms with Crippen molar-refractivity contribution >= 4 is 11.8 Å². The smallest absolute Gasteiger partial charge is 0.242 e. The maximum Gasteiger partial charge on any atom is 0.242 e. The van der Waals surface area contributed by atoms with Gasteiger partial charge in [-0.1, -0.05) is 26.0 Å². The second-order valence-corrected chi connectivity index (χ2v) is 5.21. The monoisotopic (exact) mass is 308 g/mol. The lowest BCUT2D eigenvalue weighted by Gasteiger charge is -2.21. The number of carbonyl (C=O) groups excluding carboxylic acids is 2. The van der Waals surface area contributed by atoms with Gasteiger partial charge in [-0.05, 0) is 18.1 Å². The molecule has 0 radical (unpaired) electrons. The minimum Gasteiger partial charge on any atom is -0.493 e. The Balaban J connectivity index is 2.42. The van der Waals surface area contributed by atoms with E-state index >= 15 is 0 Å². The number of amides is 2. The van der Waals surface area contributed by atoms with E-state index in [-0.39, 0.29) is 17.7 Å². The lowest BCUT2D eigenvalue weighted by molar-refractivity contribution is -0.129. The van der Waals surface area contributed by atoms with E-state index in [0.717, 1.165) is 0 Å². The second-order valence-electron chi connectivity index (χ2n) is 5.21. The van der Waals surface area contributed by atoms with E-state index in [1.54, 1.807) is 19.2 Å². The molecule has 0 spiro atoms. The van der Waals surface area contributed by atoms with Crippen molar-refractivity contribution < 1.29 is 19.1 Å². The predicted molar refractivity (Wildman–Crippen MR) is 83.9 cm³/mol. The molecule has 22 heavy (non-hydrogen) atoms. The summed E-state index contributed by atoms with van der Waals surface area (Å²) in [6, 6.07) is 6.77. The highest BCUT2D eigenvalue weighted by Gasteiger charge is 2.22. The number of benzene rings is 1. The molecule has 0 aromatic heterocycles. The van der Waals surface area contributed by atoms with Crippen molar-refractivity contribution in [3.63, 3.8) is 0 Å². The topological polar surface area (TPSA) is 76.7 Å². The Morgan fingerprint density at radius 2 is 1.82 bits per heavy atom. The number of para-hydroxylation sites is 2. The van der Waals surface area contributed by atoms with Gasteiger partial charge in [0.05, 0.1) is 13.7 Å². The van der Waals surface area contributed by atoms with Crippen LogP contribution in [-0.2, 0) is 9.59 Å². The molecule has 1 aromatic carbocycles. The summed E-state index contributed by atoms with van der Waals surface area (Å²) in [5.74, 6) is 0.848. The molecule has 6 heteroatoms. The molecule has 1 atom stereocenters. The summed E-state index contributed by atoms with van der Waals surface area (Å²) in [6.45, 7) is 5.82. The molecule has 0 aliphatic rings. The lowest BCUT2D eigenvalue weighted by atomic mass is 10.0. The highest BCUT2D eigenvalue weighted by Crippen LogP contribution is 2.25. The van der Waals surface area contributed by atoms with E-state index in [1.807, 2.05) is 26.0 Å². The van der Waals surface area contributed by atoms with Crippen LogP contribution in [0.25, 0.3) is 0 Å². The average molecular weight is 308 g/mol. The first kappa shape index (κ1) is 17.8. The fraction of sp³-hybridized carbons (Fsp3) is 0.500. The molecular weight excluding hydrogens is 284 g/mol. The standard InChI is InChI=1S/C16H24N2O4/c1-11(2)15(18-12(3)19)16(20)17-9-10-22-14-8-6-5-7-13(14)21-4/h5-8,11,15H,9-10H2,1-4H3,(H,17,20)(H,18,19). The Morgan fingerprint density at radius 1 is 1.18 bits per heavy atom. The number of ether oxygens (including phenoxy) is 2. The minimum absolute atomic E-state index is 0.0130. The number of carbonyl (C=O) groups is 2. The highest BCUT2D eigenvalue weighted by molar-refractivity contribution is 5.86. The van der Waals surface area contributed by atoms with Crippen LogP contribution in [0.15, 0.2) is 24.3 Å². The van der Waals surface area contributed by atoms with Gasteiger partial charge in [-0.3, -0.25) is 9.59 Å². The molecular formula is C16H24N2O4. The maximum atomic E-state index is 12.0. The molecule has 122 valence electrons. The van der Waals surface area contributed by atoms with Crippen LogP contribution < -0.4 is 20.1 Å². The fourth-order valence-corrected chi connectivity index (χ4v) is 1.94. The van der Waals surface area contributed by atoms with Crippen molar-refractivity contribution in [3.8, 4) is 11.5 Å². The van der Waals surface area contributed by atoms with Gasteiger partial charge in [0.15, 0.2) is 11.5 Å². The average Bonchev–Trinajstić information content (AvgIpc) is 2.48. The maximum absolute atomic E-state index is 12.0. The highest BCUT2D eigenvalue weighted by atomic mass is 16.5. The van der Waals surface area contributed by atoms with E-state index < -0.39 is 6.04 Å². The zero-order chi connectivity index (χ0) is 16.5. The SMILES string of the molecule is COc1ccccc1OCCNC(=O)C(NC(C)=O)C(C)C. The van der Waals surface area contributed by atoms with Gasteiger partial charge >= 0.3 is 0 Å². The first-order chi connectivity index (χ1) is 10.5. The van der Waals surface area contributed by atoms with Gasteiger partial charge in [0.25, 0.3) is 0 Å². The largest absolute Gasteiger partial charge is 0.493 e. The van der Waals surface area contributed by atoms with Gasteiger partial charge in [0.2, 0.25) is 11.8 Å². The first-order valence-corrected chi connectivity index (χ1v) is 7.26. The number of methoxy groups -OCH3 is 1. The normalized spacial score (nSPS) is 11.7. The third kappa shape index (κ3) is 5.63. The van der Waals surface area contributed by atoms with Crippen LogP contribution in [-0.4, -0.2) is 38.1 Å². The van der Waals surface area contributed by atoms with E-state index in [2.05, 4.69) is 10.6 Å². The molecule has 0 fully saturated rings. The van der Waals surface area contributed by atoms with Crippen LogP contribution in [0, 0.1) is 5.92 Å². The molecule has 1 rings (SSSR count). The predicted octanol–water partition coefficient (Wildman–Crippen LogP) is 1.35. The Hall–Kier alpha value is -2.24. The van der Waals surface area contributed by atoms with Crippen LogP contribution in [0.5, 0.6) is 11.5 Å². The molecule has 2 N–H and O–H groups in total. The zero-order valence-corrected chi connectivity index (χ0v) is 13.5. The molecule has 0 saturated carbocycles. The minimum atomic E-state index is -0.538. The Morgan fingerprint density at radius 3 is 2.36 bits per heavy atom. The van der Waals surface area contributed by atoms with Gasteiger partial charge in [0.1, 0.15) is 12.6 Å². The Bertz CT molecular complexity index is 503. The zero-order valence-electron chi connectivity index (χ0n) is 13.5. The Labute approximate surface area is 131 Å². The van der Waals surface area contributed by atoms with Gasteiger partial charge in [0, 0.05) is 6.92 Å². The number of hydrogen-bond donors (Lipinski definition) is 2. The van der Waals surface area contributed by atoms with Crippen LogP contribution in [0.3, 0.4) is 0 Å². The van der Waals surface area contributed by atoms with E-state index in [9.17, 15) is 9.59 Å². The van der Waals surface area contributed by atoms with E-state index in [0.29, 0.717) is 24.7 Å². The molecule has 1 unspecified atom stereocenters. The summed E-state index contributed by atoms with van der Waals surface area (Å²) in [6.07, 6.45) is 0. The molecule has 0 aliphatic carbocycles. The summed E-state index contributed by atoms with van der Waals surface area (Å²) in [4.78, 5) is 23.2. The summed E-state index contributed by atoms with van der Waals surface area (Å²) in [7, 11) is 1.57. The van der Waals surface area contributed by atoms with Gasteiger partial charge in [-0.15, -0.1) is 0 Å². The van der Waals surface area contributed by atoms with Crippen molar-refractivity contribution in [1.82, 2.24) is 10.6 Å². The first-order valence-electron chi connectivity index (χ1n) is 7.26. The van der Waals surface area contributed by atoms with Crippen molar-refractivity contribution in [2.75, 3.05) is 20.3 Å². The summed E-state index contributed by atoms with van der Waals surface area (Å²) < 4.78 is 10.7. The molecule has 0 heterocycles. The van der Waals surface area contributed by atoms with Crippen molar-refractivity contribution in [2.24, 2.45) is 5.92 Å². The van der Waals surface area contributed by atoms with Crippen molar-refractivity contribution in [3.05, 3.63) is 24.3 Å². The van der Waals surface area contributed by atoms with Crippen LogP contribution >= 0.6 is 0 Å². The molecule has 0 aliphatic heterocycles. The van der Waals surface area contributed by atoms with E-state index in [1.165, 1.54) is 6.92 Å². The summed E-state index contributed by atoms with van der Waals surface area (Å²) in [5, 5.41) is 5.40. The van der Waals surface area contributed by atoms with Crippen LogP contribution in [0.2, 0.25) is 0 Å². The summed E-state index contributed by atoms with van der Waals surface area (Å²) in [5.41, 5.74) is 0. The molecule has 6 nitrogen and oxygen atoms in total. The fourth-order valence-electron chi connectivity index (χ4n) is 1.94. The van der Waals surface area contributed by atoms with Crippen LogP contribution in [0.4, 0.5) is 0 Å². The van der Waals surface area contributed by atoms with Gasteiger partial charge < -0.3 is 20.1 Å². The molecule has 0 bridgehead atoms. The van der Waals surface area contributed by atoms with Crippen LogP contribution in [0.1, 0.15) is 20.8 Å². The van der Waals surface area contributed by atoms with Gasteiger partial charge in [-0.2, -0.15) is 0 Å². The van der Waals surface area contributed by atoms with E-state index in [4.69, 9.17) is 9.47 Å².